The van der Waals surface area contributed by atoms with Crippen molar-refractivity contribution in [2.75, 3.05) is 68.7 Å². The van der Waals surface area contributed by atoms with Crippen LogP contribution < -0.4 is 17.5 Å². The van der Waals surface area contributed by atoms with Crippen LogP contribution in [0.25, 0.3) is 0 Å². The van der Waals surface area contributed by atoms with Crippen LogP contribution in [0.5, 0.6) is 0 Å². The molecule has 4 N–H and O–H groups in total. The molecule has 0 radical (unpaired) electrons. The average Bonchev–Trinajstić information content (AvgIpc) is 3.17. The minimum absolute atomic E-state index is 0. The number of rotatable bonds is 15. The second kappa shape index (κ2) is 39.2. The van der Waals surface area contributed by atoms with E-state index in [4.69, 9.17) is 30.3 Å². The molecule has 0 aliphatic rings. The van der Waals surface area contributed by atoms with Gasteiger partial charge in [0.1, 0.15) is 25.3 Å². The van der Waals surface area contributed by atoms with Gasteiger partial charge in [-0.2, -0.15) is 0 Å². The van der Waals surface area contributed by atoms with Gasteiger partial charge in [0.15, 0.2) is 0 Å². The van der Waals surface area contributed by atoms with Crippen LogP contribution in [-0.2, 0) is 33.4 Å². The summed E-state index contributed by atoms with van der Waals surface area (Å²) in [6, 6.07) is 21.7. The van der Waals surface area contributed by atoms with Gasteiger partial charge in [0, 0.05) is 33.4 Å². The summed E-state index contributed by atoms with van der Waals surface area (Å²) in [7, 11) is 13.1. The molecular formula is C47H71ClN2O12. The van der Waals surface area contributed by atoms with Crippen LogP contribution in [0.1, 0.15) is 50.9 Å². The molecule has 0 amide bonds. The number of quaternary nitrogens is 2. The molecule has 0 aliphatic heterocycles. The zero-order chi connectivity index (χ0) is 48.9. The number of esters is 2. The van der Waals surface area contributed by atoms with Gasteiger partial charge in [-0.1, -0.05) is 107 Å². The van der Waals surface area contributed by atoms with Crippen LogP contribution in [0, 0.1) is 0 Å². The quantitative estimate of drug-likeness (QED) is 0.0882. The van der Waals surface area contributed by atoms with Gasteiger partial charge in [-0.25, -0.2) is 19.2 Å². The molecule has 2 aromatic carbocycles. The number of likely N-dealkylation sites (N-methyl/N-ethyl adjacent to an activating group) is 2. The maximum Gasteiger partial charge on any atom is 0.333 e. The summed E-state index contributed by atoms with van der Waals surface area (Å²) < 4.78 is 10.7. The Morgan fingerprint density at radius 2 is 0.806 bits per heavy atom. The monoisotopic (exact) mass is 890 g/mol. The lowest BCUT2D eigenvalue weighted by Crippen LogP contribution is -3.00. The number of carboxylic acid groups (broad SMARTS) is 3. The summed E-state index contributed by atoms with van der Waals surface area (Å²) in [6.45, 7) is 29.5. The summed E-state index contributed by atoms with van der Waals surface area (Å²) in [5.74, 6) is -4.01. The molecule has 0 spiro atoms. The first kappa shape index (κ1) is 67.9. The minimum Gasteiger partial charge on any atom is -1.00 e. The fourth-order valence-corrected chi connectivity index (χ4v) is 3.62. The highest BCUT2D eigenvalue weighted by Gasteiger charge is 2.22. The third kappa shape index (κ3) is 42.2. The summed E-state index contributed by atoms with van der Waals surface area (Å²) in [5.41, 5.74) is 3.70. The van der Waals surface area contributed by atoms with E-state index in [1.54, 1.807) is 13.8 Å². The fraction of sp³-hybridized carbons (Fsp3) is 0.340. The molecule has 62 heavy (non-hydrogen) atoms. The number of hydrogen-bond acceptors (Lipinski definition) is 10. The van der Waals surface area contributed by atoms with E-state index in [2.05, 4.69) is 146 Å². The van der Waals surface area contributed by atoms with E-state index in [0.29, 0.717) is 23.2 Å². The number of carbonyl (C=O) groups excluding carboxylic acids is 3. The van der Waals surface area contributed by atoms with E-state index in [9.17, 15) is 19.2 Å². The van der Waals surface area contributed by atoms with Gasteiger partial charge in [-0.05, 0) is 45.9 Å². The lowest BCUT2D eigenvalue weighted by molar-refractivity contribution is -0.895. The highest BCUT2D eigenvalue weighted by atomic mass is 35.5. The van der Waals surface area contributed by atoms with Crippen LogP contribution in [0.3, 0.4) is 0 Å². The molecule has 0 saturated carbocycles. The largest absolute Gasteiger partial charge is 1.00 e. The van der Waals surface area contributed by atoms with Gasteiger partial charge in [0.05, 0.1) is 61.5 Å². The molecular weight excluding hydrogens is 820 g/mol. The molecule has 2 atom stereocenters. The van der Waals surface area contributed by atoms with Gasteiger partial charge in [-0.3, -0.25) is 0 Å². The van der Waals surface area contributed by atoms with Gasteiger partial charge in [-0.15, -0.1) is 0 Å². The van der Waals surface area contributed by atoms with Crippen LogP contribution in [0.15, 0.2) is 147 Å². The molecule has 0 aromatic heterocycles. The lowest BCUT2D eigenvalue weighted by Gasteiger charge is -2.32. The number of benzene rings is 2. The number of hydrogen-bond donors (Lipinski definition) is 4. The molecule has 348 valence electrons. The Labute approximate surface area is 376 Å². The third-order valence-corrected chi connectivity index (χ3v) is 6.64. The van der Waals surface area contributed by atoms with Crippen molar-refractivity contribution in [2.45, 2.75) is 39.8 Å². The predicted octanol–water partition coefficient (Wildman–Crippen LogP) is 2.66. The Morgan fingerprint density at radius 1 is 0.581 bits per heavy atom. The van der Waals surface area contributed by atoms with Crippen LogP contribution >= 0.6 is 0 Å². The zero-order valence-electron chi connectivity index (χ0n) is 38.3. The molecule has 2 unspecified atom stereocenters. The van der Waals surface area contributed by atoms with E-state index in [1.165, 1.54) is 25.0 Å². The van der Waals surface area contributed by atoms with Crippen molar-refractivity contribution in [3.63, 3.8) is 0 Å². The Morgan fingerprint density at radius 3 is 0.935 bits per heavy atom. The molecule has 2 aromatic rings. The number of halogens is 1. The summed E-state index contributed by atoms with van der Waals surface area (Å²) >= 11 is 0. The van der Waals surface area contributed by atoms with Crippen molar-refractivity contribution in [1.82, 2.24) is 0 Å². The van der Waals surface area contributed by atoms with Crippen molar-refractivity contribution in [3.8, 4) is 0 Å². The first-order valence-corrected chi connectivity index (χ1v) is 18.5. The maximum absolute atomic E-state index is 10.5. The summed E-state index contributed by atoms with van der Waals surface area (Å²) in [6.07, 6.45) is 4.74. The van der Waals surface area contributed by atoms with Gasteiger partial charge in [0.25, 0.3) is 0 Å². The highest BCUT2D eigenvalue weighted by molar-refractivity contribution is 5.87. The number of carbonyl (C=O) groups is 5. The second-order valence-corrected chi connectivity index (χ2v) is 14.4. The average molecular weight is 892 g/mol. The maximum atomic E-state index is 10.5. The zero-order valence-corrected chi connectivity index (χ0v) is 39.0. The molecule has 0 aliphatic carbocycles. The molecule has 0 heterocycles. The Kier molecular flexibility index (Phi) is 43.0. The second-order valence-electron chi connectivity index (χ2n) is 14.4. The lowest BCUT2D eigenvalue weighted by atomic mass is 10.1. The summed E-state index contributed by atoms with van der Waals surface area (Å²) in [4.78, 5) is 49.3. The normalized spacial score (nSPS) is 10.3. The summed E-state index contributed by atoms with van der Waals surface area (Å²) in [5, 5.41) is 41.3. The number of carboxylic acids is 3. The number of ether oxygens (including phenoxy) is 2. The molecule has 0 saturated heterocycles. The topological polar surface area (TPSA) is 208 Å². The third-order valence-electron chi connectivity index (χ3n) is 6.64. The van der Waals surface area contributed by atoms with E-state index >= 15 is 0 Å². The van der Waals surface area contributed by atoms with E-state index in [1.807, 2.05) is 24.3 Å². The molecule has 0 fully saturated rings. The van der Waals surface area contributed by atoms with Crippen molar-refractivity contribution in [2.24, 2.45) is 0 Å². The number of aliphatic hydroxyl groups excluding tert-OH is 2. The smallest absolute Gasteiger partial charge is 0.333 e. The van der Waals surface area contributed by atoms with E-state index in [0.717, 1.165) is 15.0 Å². The molecule has 0 bridgehead atoms. The van der Waals surface area contributed by atoms with Crippen molar-refractivity contribution in [3.05, 3.63) is 158 Å². The van der Waals surface area contributed by atoms with Gasteiger partial charge >= 0.3 is 23.9 Å². The van der Waals surface area contributed by atoms with Crippen LogP contribution in [-0.4, -0.2) is 128 Å². The van der Waals surface area contributed by atoms with Crippen molar-refractivity contribution < 1.29 is 80.4 Å². The minimum atomic E-state index is -1.23. The van der Waals surface area contributed by atoms with Crippen LogP contribution in [0.2, 0.25) is 0 Å². The van der Waals surface area contributed by atoms with E-state index in [-0.39, 0.29) is 50.0 Å². The molecule has 15 heteroatoms. The standard InChI is InChI=1S/2C12H18N.2C6H10O3.2C4H6O2.C3H4O2.ClH/c2*1-5-12(13(2,3)4)11-9-7-6-8-10-11;2*1-5(2)6(8)9-4-3-7;2*1-3(2)4(5)6;1-2-3(4)5;/h2*5-10,12H,1H2,2-4H3;2*7H,1,3-4H2,2H3;2*1H2,2H3,(H,5,6);2H,1H2,(H,4,5);1H/q2*+1;;;;;;/p-2. The molecule has 2 rings (SSSR count). The first-order chi connectivity index (χ1) is 28.0. The highest BCUT2D eigenvalue weighted by Crippen LogP contribution is 2.24. The molecule has 14 nitrogen and oxygen atoms in total. The van der Waals surface area contributed by atoms with Gasteiger partial charge in [0.2, 0.25) is 0 Å². The SMILES string of the molecule is C=C(C)C(=O)O.C=C(C)C(=O)O.C=C(C)C(=O)OCCO.C=C(C)C(=O)OCCO.C=CC(=O)[O-].C=CC(c1ccccc1)[N+](C)(C)C.C=CC(c1ccccc1)[N+](C)(C)C.[Cl-]. The van der Waals surface area contributed by atoms with E-state index < -0.39 is 29.8 Å². The fourth-order valence-electron chi connectivity index (χ4n) is 3.62. The Bertz CT molecular complexity index is 1540. The Hall–Kier alpha value is -5.90. The number of aliphatic hydroxyl groups is 2. The van der Waals surface area contributed by atoms with Gasteiger partial charge < -0.3 is 61.2 Å². The number of aliphatic carboxylic acids is 3. The van der Waals surface area contributed by atoms with Crippen molar-refractivity contribution in [1.29, 1.82) is 0 Å². The van der Waals surface area contributed by atoms with Crippen LogP contribution in [0.4, 0.5) is 0 Å². The number of nitrogens with zero attached hydrogens (tertiary/aromatic N) is 2. The van der Waals surface area contributed by atoms with Crippen molar-refractivity contribution >= 4 is 29.8 Å². The predicted molar refractivity (Wildman–Crippen MR) is 241 cm³/mol. The Balaban J connectivity index is -0.000000151. The first-order valence-electron chi connectivity index (χ1n) is 18.5.